The number of piperidine rings is 1. The fraction of sp³-hybridized carbons (Fsp3) is 0.500. The SMILES string of the molecule is CN(C)C(=O)C1CCCN(S(=O)(=O)c2ccccc2Cl)C1. The molecule has 0 radical (unpaired) electrons. The summed E-state index contributed by atoms with van der Waals surface area (Å²) in [6.45, 7) is 0.634. The first-order chi connectivity index (χ1) is 9.84. The molecule has 116 valence electrons. The summed E-state index contributed by atoms with van der Waals surface area (Å²) in [7, 11) is -0.285. The average Bonchev–Trinajstić information content (AvgIpc) is 2.46. The topological polar surface area (TPSA) is 57.7 Å². The Morgan fingerprint density at radius 1 is 1.33 bits per heavy atom. The molecule has 0 aliphatic carbocycles. The predicted octanol–water partition coefficient (Wildman–Crippen LogP) is 1.83. The van der Waals surface area contributed by atoms with E-state index in [1.807, 2.05) is 0 Å². The largest absolute Gasteiger partial charge is 0.349 e. The maximum atomic E-state index is 12.7. The van der Waals surface area contributed by atoms with Crippen LogP contribution in [0, 0.1) is 5.92 Å². The van der Waals surface area contributed by atoms with Gasteiger partial charge in [0.25, 0.3) is 0 Å². The van der Waals surface area contributed by atoms with Crippen LogP contribution in [-0.4, -0.2) is 50.7 Å². The fourth-order valence-corrected chi connectivity index (χ4v) is 4.54. The van der Waals surface area contributed by atoms with Gasteiger partial charge in [0.15, 0.2) is 0 Å². The predicted molar refractivity (Wildman–Crippen MR) is 81.6 cm³/mol. The van der Waals surface area contributed by atoms with E-state index in [1.165, 1.54) is 15.3 Å². The highest BCUT2D eigenvalue weighted by Crippen LogP contribution is 2.28. The zero-order chi connectivity index (χ0) is 15.6. The third-order valence-corrected chi connectivity index (χ3v) is 5.99. The van der Waals surface area contributed by atoms with Gasteiger partial charge in [-0.1, -0.05) is 23.7 Å². The van der Waals surface area contributed by atoms with Gasteiger partial charge >= 0.3 is 0 Å². The van der Waals surface area contributed by atoms with Gasteiger partial charge in [-0.25, -0.2) is 8.42 Å². The molecule has 1 unspecified atom stereocenters. The van der Waals surface area contributed by atoms with Crippen LogP contribution < -0.4 is 0 Å². The summed E-state index contributed by atoms with van der Waals surface area (Å²) in [4.78, 5) is 13.7. The van der Waals surface area contributed by atoms with Crippen molar-refractivity contribution in [3.63, 3.8) is 0 Å². The van der Waals surface area contributed by atoms with Crippen LogP contribution in [0.2, 0.25) is 5.02 Å². The summed E-state index contributed by atoms with van der Waals surface area (Å²) in [5.74, 6) is -0.319. The molecule has 1 fully saturated rings. The zero-order valence-electron chi connectivity index (χ0n) is 12.1. The van der Waals surface area contributed by atoms with Gasteiger partial charge in [0.2, 0.25) is 15.9 Å². The first kappa shape index (κ1) is 16.3. The van der Waals surface area contributed by atoms with Crippen molar-refractivity contribution >= 4 is 27.5 Å². The molecular formula is C14H19ClN2O3S. The lowest BCUT2D eigenvalue weighted by molar-refractivity contribution is -0.134. The Balaban J connectivity index is 2.25. The lowest BCUT2D eigenvalue weighted by Crippen LogP contribution is -2.45. The minimum absolute atomic E-state index is 0.0333. The van der Waals surface area contributed by atoms with Crippen molar-refractivity contribution in [2.45, 2.75) is 17.7 Å². The highest BCUT2D eigenvalue weighted by molar-refractivity contribution is 7.89. The van der Waals surface area contributed by atoms with E-state index in [1.54, 1.807) is 32.3 Å². The van der Waals surface area contributed by atoms with Crippen LogP contribution in [0.1, 0.15) is 12.8 Å². The van der Waals surface area contributed by atoms with Gasteiger partial charge in [-0.05, 0) is 25.0 Å². The molecule has 0 aromatic heterocycles. The summed E-state index contributed by atoms with van der Waals surface area (Å²) in [5.41, 5.74) is 0. The number of hydrogen-bond acceptors (Lipinski definition) is 3. The van der Waals surface area contributed by atoms with Crippen LogP contribution in [-0.2, 0) is 14.8 Å². The van der Waals surface area contributed by atoms with Crippen molar-refractivity contribution in [1.82, 2.24) is 9.21 Å². The lowest BCUT2D eigenvalue weighted by atomic mass is 9.98. The van der Waals surface area contributed by atoms with Crippen molar-refractivity contribution in [3.8, 4) is 0 Å². The van der Waals surface area contributed by atoms with Crippen LogP contribution in [0.4, 0.5) is 0 Å². The molecule has 0 N–H and O–H groups in total. The summed E-state index contributed by atoms with van der Waals surface area (Å²) in [6, 6.07) is 6.39. The molecule has 1 aromatic carbocycles. The Hall–Kier alpha value is -1.11. The van der Waals surface area contributed by atoms with Crippen LogP contribution in [0.3, 0.4) is 0 Å². The van der Waals surface area contributed by atoms with Crippen molar-refractivity contribution < 1.29 is 13.2 Å². The molecule has 7 heteroatoms. The molecule has 21 heavy (non-hydrogen) atoms. The number of sulfonamides is 1. The number of rotatable bonds is 3. The molecule has 1 aromatic rings. The van der Waals surface area contributed by atoms with Crippen molar-refractivity contribution in [1.29, 1.82) is 0 Å². The number of nitrogens with zero attached hydrogens (tertiary/aromatic N) is 2. The molecule has 1 saturated heterocycles. The summed E-state index contributed by atoms with van der Waals surface area (Å²) >= 11 is 6.00. The maximum absolute atomic E-state index is 12.7. The number of amides is 1. The number of halogens is 1. The van der Waals surface area contributed by atoms with Gasteiger partial charge in [0, 0.05) is 27.2 Å². The molecule has 1 aliphatic rings. The van der Waals surface area contributed by atoms with E-state index in [9.17, 15) is 13.2 Å². The van der Waals surface area contributed by atoms with E-state index in [0.717, 1.165) is 0 Å². The van der Waals surface area contributed by atoms with E-state index in [2.05, 4.69) is 0 Å². The van der Waals surface area contributed by atoms with E-state index in [0.29, 0.717) is 19.4 Å². The van der Waals surface area contributed by atoms with Gasteiger partial charge in [0.1, 0.15) is 4.90 Å². The fourth-order valence-electron chi connectivity index (χ4n) is 2.52. The third-order valence-electron chi connectivity index (χ3n) is 3.63. The Kier molecular flexibility index (Phi) is 4.91. The smallest absolute Gasteiger partial charge is 0.244 e. The third kappa shape index (κ3) is 3.39. The average molecular weight is 331 g/mol. The maximum Gasteiger partial charge on any atom is 0.244 e. The Morgan fingerprint density at radius 2 is 2.00 bits per heavy atom. The highest BCUT2D eigenvalue weighted by Gasteiger charge is 2.34. The molecule has 5 nitrogen and oxygen atoms in total. The Morgan fingerprint density at radius 3 is 2.62 bits per heavy atom. The van der Waals surface area contributed by atoms with Gasteiger partial charge in [-0.3, -0.25) is 4.79 Å². The van der Waals surface area contributed by atoms with Crippen LogP contribution in [0.25, 0.3) is 0 Å². The van der Waals surface area contributed by atoms with Crippen molar-refractivity contribution in [2.24, 2.45) is 5.92 Å². The van der Waals surface area contributed by atoms with E-state index >= 15 is 0 Å². The molecule has 0 spiro atoms. The summed E-state index contributed by atoms with van der Waals surface area (Å²) in [5, 5.41) is 0.207. The number of carbonyl (C=O) groups is 1. The van der Waals surface area contributed by atoms with Gasteiger partial charge in [0.05, 0.1) is 10.9 Å². The molecular weight excluding hydrogens is 312 g/mol. The van der Waals surface area contributed by atoms with Crippen LogP contribution in [0.15, 0.2) is 29.2 Å². The van der Waals surface area contributed by atoms with Crippen LogP contribution >= 0.6 is 11.6 Å². The van der Waals surface area contributed by atoms with Crippen molar-refractivity contribution in [3.05, 3.63) is 29.3 Å². The second kappa shape index (κ2) is 6.34. The second-order valence-corrected chi connectivity index (χ2v) is 7.68. The van der Waals surface area contributed by atoms with E-state index in [4.69, 9.17) is 11.6 Å². The van der Waals surface area contributed by atoms with E-state index < -0.39 is 10.0 Å². The first-order valence-electron chi connectivity index (χ1n) is 6.80. The normalized spacial score (nSPS) is 20.2. The summed E-state index contributed by atoms with van der Waals surface area (Å²) < 4.78 is 26.7. The minimum Gasteiger partial charge on any atom is -0.349 e. The monoisotopic (exact) mass is 330 g/mol. The quantitative estimate of drug-likeness (QED) is 0.849. The molecule has 1 heterocycles. The molecule has 1 amide bonds. The number of hydrogen-bond donors (Lipinski definition) is 0. The Bertz CT molecular complexity index is 631. The Labute approximate surface area is 130 Å². The molecule has 0 saturated carbocycles. The lowest BCUT2D eigenvalue weighted by Gasteiger charge is -2.32. The molecule has 1 aliphatic heterocycles. The van der Waals surface area contributed by atoms with Crippen LogP contribution in [0.5, 0.6) is 0 Å². The van der Waals surface area contributed by atoms with E-state index in [-0.39, 0.29) is 28.3 Å². The van der Waals surface area contributed by atoms with Gasteiger partial charge < -0.3 is 4.90 Å². The van der Waals surface area contributed by atoms with Gasteiger partial charge in [-0.15, -0.1) is 0 Å². The minimum atomic E-state index is -3.65. The number of carbonyl (C=O) groups excluding carboxylic acids is 1. The summed E-state index contributed by atoms with van der Waals surface area (Å²) in [6.07, 6.45) is 1.39. The van der Waals surface area contributed by atoms with Crippen molar-refractivity contribution in [2.75, 3.05) is 27.2 Å². The molecule has 1 atom stereocenters. The first-order valence-corrected chi connectivity index (χ1v) is 8.61. The molecule has 2 rings (SSSR count). The number of benzene rings is 1. The second-order valence-electron chi connectivity index (χ2n) is 5.37. The van der Waals surface area contributed by atoms with Gasteiger partial charge in [-0.2, -0.15) is 4.31 Å². The standard InChI is InChI=1S/C14H19ClN2O3S/c1-16(2)14(18)11-6-5-9-17(10-11)21(19,20)13-8-4-3-7-12(13)15/h3-4,7-8,11H,5-6,9-10H2,1-2H3. The zero-order valence-corrected chi connectivity index (χ0v) is 13.7. The highest BCUT2D eigenvalue weighted by atomic mass is 35.5. The molecule has 0 bridgehead atoms.